The van der Waals surface area contributed by atoms with Gasteiger partial charge in [-0.25, -0.2) is 0 Å². The van der Waals surface area contributed by atoms with Crippen LogP contribution in [-0.4, -0.2) is 22.4 Å². The number of hydrogen-bond acceptors (Lipinski definition) is 2. The number of rotatable bonds is 6. The molecule has 0 aliphatic carbocycles. The van der Waals surface area contributed by atoms with E-state index < -0.39 is 12.2 Å². The lowest BCUT2D eigenvalue weighted by atomic mass is 10.1. The van der Waals surface area contributed by atoms with Crippen molar-refractivity contribution in [3.05, 3.63) is 37.0 Å². The Morgan fingerprint density at radius 2 is 2.00 bits per heavy atom. The van der Waals surface area contributed by atoms with Crippen molar-refractivity contribution in [3.63, 3.8) is 0 Å². The Kier molecular flexibility index (Phi) is 7.26. The third-order valence-electron chi connectivity index (χ3n) is 1.49. The smallest absolute Gasteiger partial charge is 0.0745 e. The molecule has 0 bridgehead atoms. The molecule has 0 saturated carbocycles. The van der Waals surface area contributed by atoms with Crippen LogP contribution in [0, 0.1) is 0 Å². The van der Waals surface area contributed by atoms with Gasteiger partial charge in [-0.3, -0.25) is 0 Å². The topological polar surface area (TPSA) is 40.5 Å². The second-order valence-corrected chi connectivity index (χ2v) is 2.98. The molecule has 74 valence electrons. The van der Waals surface area contributed by atoms with E-state index in [-0.39, 0.29) is 0 Å². The van der Waals surface area contributed by atoms with Gasteiger partial charge in [0.15, 0.2) is 0 Å². The molecule has 0 fully saturated rings. The Hall–Kier alpha value is -0.860. The van der Waals surface area contributed by atoms with Gasteiger partial charge in [-0.05, 0) is 13.3 Å². The van der Waals surface area contributed by atoms with Crippen LogP contribution in [0.15, 0.2) is 37.0 Å². The van der Waals surface area contributed by atoms with Crippen molar-refractivity contribution in [2.45, 2.75) is 32.0 Å². The predicted octanol–water partition coefficient (Wildman–Crippen LogP) is 1.81. The predicted molar refractivity (Wildman–Crippen MR) is 55.4 cm³/mol. The molecule has 0 aromatic heterocycles. The summed E-state index contributed by atoms with van der Waals surface area (Å²) in [6.07, 6.45) is 9.24. The van der Waals surface area contributed by atoms with Gasteiger partial charge >= 0.3 is 0 Å². The molecule has 2 atom stereocenters. The summed E-state index contributed by atoms with van der Waals surface area (Å²) in [5.41, 5.74) is 0. The van der Waals surface area contributed by atoms with E-state index in [1.165, 1.54) is 0 Å². The number of aliphatic hydroxyl groups is 2. The van der Waals surface area contributed by atoms with Crippen LogP contribution in [-0.2, 0) is 0 Å². The van der Waals surface area contributed by atoms with E-state index in [1.807, 2.05) is 18.2 Å². The van der Waals surface area contributed by atoms with Crippen LogP contribution in [0.4, 0.5) is 0 Å². The first kappa shape index (κ1) is 12.1. The average Bonchev–Trinajstić information content (AvgIpc) is 2.02. The fourth-order valence-corrected chi connectivity index (χ4v) is 0.917. The molecule has 2 heteroatoms. The Balaban J connectivity index is 3.58. The van der Waals surface area contributed by atoms with E-state index in [2.05, 4.69) is 6.58 Å². The van der Waals surface area contributed by atoms with Crippen LogP contribution < -0.4 is 0 Å². The minimum absolute atomic E-state index is 0.391. The molecule has 0 heterocycles. The summed E-state index contributed by atoms with van der Waals surface area (Å²) in [6.45, 7) is 5.20. The van der Waals surface area contributed by atoms with Gasteiger partial charge in [-0.15, -0.1) is 0 Å². The molecular formula is C11H18O2. The first-order chi connectivity index (χ1) is 6.16. The monoisotopic (exact) mass is 182 g/mol. The Morgan fingerprint density at radius 3 is 2.54 bits per heavy atom. The SMILES string of the molecule is C=C/C=C/C/C=C/C(O)CC(C)O. The first-order valence-corrected chi connectivity index (χ1v) is 4.47. The lowest BCUT2D eigenvalue weighted by Gasteiger charge is -2.06. The normalized spacial score (nSPS) is 16.5. The summed E-state index contributed by atoms with van der Waals surface area (Å²) in [7, 11) is 0. The Morgan fingerprint density at radius 1 is 1.31 bits per heavy atom. The third-order valence-corrected chi connectivity index (χ3v) is 1.49. The van der Waals surface area contributed by atoms with E-state index in [4.69, 9.17) is 5.11 Å². The second-order valence-electron chi connectivity index (χ2n) is 2.98. The highest BCUT2D eigenvalue weighted by Gasteiger charge is 2.02. The molecule has 0 aromatic carbocycles. The highest BCUT2D eigenvalue weighted by Crippen LogP contribution is 1.99. The highest BCUT2D eigenvalue weighted by atomic mass is 16.3. The van der Waals surface area contributed by atoms with Gasteiger partial charge in [0.05, 0.1) is 12.2 Å². The van der Waals surface area contributed by atoms with E-state index in [0.717, 1.165) is 6.42 Å². The zero-order chi connectivity index (χ0) is 10.1. The molecular weight excluding hydrogens is 164 g/mol. The number of allylic oxidation sites excluding steroid dienone is 4. The molecule has 0 radical (unpaired) electrons. The van der Waals surface area contributed by atoms with Crippen molar-refractivity contribution in [2.24, 2.45) is 0 Å². The van der Waals surface area contributed by atoms with Crippen LogP contribution in [0.2, 0.25) is 0 Å². The molecule has 0 amide bonds. The maximum Gasteiger partial charge on any atom is 0.0745 e. The largest absolute Gasteiger partial charge is 0.393 e. The number of hydrogen-bond donors (Lipinski definition) is 2. The lowest BCUT2D eigenvalue weighted by molar-refractivity contribution is 0.116. The molecule has 2 unspecified atom stereocenters. The minimum Gasteiger partial charge on any atom is -0.393 e. The molecule has 13 heavy (non-hydrogen) atoms. The van der Waals surface area contributed by atoms with Crippen LogP contribution in [0.5, 0.6) is 0 Å². The molecule has 0 spiro atoms. The van der Waals surface area contributed by atoms with Gasteiger partial charge in [-0.1, -0.05) is 37.0 Å². The van der Waals surface area contributed by atoms with Crippen molar-refractivity contribution >= 4 is 0 Å². The molecule has 0 aliphatic rings. The van der Waals surface area contributed by atoms with Gasteiger partial charge in [0.1, 0.15) is 0 Å². The second kappa shape index (κ2) is 7.77. The zero-order valence-corrected chi connectivity index (χ0v) is 8.06. The van der Waals surface area contributed by atoms with Gasteiger partial charge in [0, 0.05) is 6.42 Å². The average molecular weight is 182 g/mol. The van der Waals surface area contributed by atoms with E-state index in [0.29, 0.717) is 6.42 Å². The lowest BCUT2D eigenvalue weighted by Crippen LogP contribution is -2.11. The van der Waals surface area contributed by atoms with Crippen LogP contribution in [0.25, 0.3) is 0 Å². The quantitative estimate of drug-likeness (QED) is 0.486. The maximum atomic E-state index is 9.29. The summed E-state index contributed by atoms with van der Waals surface area (Å²) < 4.78 is 0. The molecule has 0 aliphatic heterocycles. The Bertz CT molecular complexity index is 181. The van der Waals surface area contributed by atoms with E-state index in [1.54, 1.807) is 19.1 Å². The van der Waals surface area contributed by atoms with Crippen molar-refractivity contribution in [2.75, 3.05) is 0 Å². The summed E-state index contributed by atoms with van der Waals surface area (Å²) in [5, 5.41) is 18.2. The molecule has 0 rings (SSSR count). The van der Waals surface area contributed by atoms with Gasteiger partial charge in [0.2, 0.25) is 0 Å². The van der Waals surface area contributed by atoms with E-state index >= 15 is 0 Å². The van der Waals surface area contributed by atoms with Crippen molar-refractivity contribution in [3.8, 4) is 0 Å². The highest BCUT2D eigenvalue weighted by molar-refractivity contribution is 5.02. The molecule has 0 aromatic rings. The standard InChI is InChI=1S/C11H18O2/c1-3-4-5-6-7-8-11(13)9-10(2)12/h3-5,7-8,10-13H,1,6,9H2,2H3/b5-4+,8-7+. The molecule has 2 nitrogen and oxygen atoms in total. The van der Waals surface area contributed by atoms with Gasteiger partial charge < -0.3 is 10.2 Å². The summed E-state index contributed by atoms with van der Waals surface area (Å²) >= 11 is 0. The first-order valence-electron chi connectivity index (χ1n) is 4.47. The van der Waals surface area contributed by atoms with Gasteiger partial charge in [-0.2, -0.15) is 0 Å². The maximum absolute atomic E-state index is 9.29. The summed E-state index contributed by atoms with van der Waals surface area (Å²) in [5.74, 6) is 0. The molecule has 2 N–H and O–H groups in total. The number of aliphatic hydroxyl groups excluding tert-OH is 2. The van der Waals surface area contributed by atoms with Crippen molar-refractivity contribution < 1.29 is 10.2 Å². The van der Waals surface area contributed by atoms with Crippen LogP contribution in [0.1, 0.15) is 19.8 Å². The minimum atomic E-state index is -0.544. The van der Waals surface area contributed by atoms with Crippen LogP contribution >= 0.6 is 0 Å². The third kappa shape index (κ3) is 9.05. The van der Waals surface area contributed by atoms with E-state index in [9.17, 15) is 5.11 Å². The van der Waals surface area contributed by atoms with Crippen molar-refractivity contribution in [1.29, 1.82) is 0 Å². The fraction of sp³-hybridized carbons (Fsp3) is 0.455. The van der Waals surface area contributed by atoms with Crippen LogP contribution in [0.3, 0.4) is 0 Å². The Labute approximate surface area is 79.9 Å². The van der Waals surface area contributed by atoms with Gasteiger partial charge in [0.25, 0.3) is 0 Å². The van der Waals surface area contributed by atoms with Crippen molar-refractivity contribution in [1.82, 2.24) is 0 Å². The summed E-state index contributed by atoms with van der Waals surface area (Å²) in [6, 6.07) is 0. The molecule has 0 saturated heterocycles. The zero-order valence-electron chi connectivity index (χ0n) is 8.06. The summed E-state index contributed by atoms with van der Waals surface area (Å²) in [4.78, 5) is 0. The fourth-order valence-electron chi connectivity index (χ4n) is 0.917.